The largest absolute Gasteiger partial charge is 0.273 e. The van der Waals surface area contributed by atoms with E-state index in [0.717, 1.165) is 15.7 Å². The van der Waals surface area contributed by atoms with Crippen LogP contribution in [0, 0.1) is 0 Å². The van der Waals surface area contributed by atoms with Crippen molar-refractivity contribution in [2.45, 2.75) is 25.3 Å². The Hall–Kier alpha value is -1.21. The molecule has 1 saturated heterocycles. The van der Waals surface area contributed by atoms with Crippen molar-refractivity contribution in [1.29, 1.82) is 0 Å². The average Bonchev–Trinajstić information content (AvgIpc) is 2.80. The molecule has 1 aromatic carbocycles. The highest BCUT2D eigenvalue weighted by molar-refractivity contribution is 9.10. The van der Waals surface area contributed by atoms with Gasteiger partial charge in [-0.2, -0.15) is 5.10 Å². The summed E-state index contributed by atoms with van der Waals surface area (Å²) in [5.74, 6) is 0.0819. The van der Waals surface area contributed by atoms with Gasteiger partial charge in [-0.3, -0.25) is 4.79 Å². The van der Waals surface area contributed by atoms with Gasteiger partial charge in [0.2, 0.25) is 5.91 Å². The summed E-state index contributed by atoms with van der Waals surface area (Å²) < 4.78 is 24.2. The lowest BCUT2D eigenvalue weighted by Gasteiger charge is -2.28. The van der Waals surface area contributed by atoms with Crippen LogP contribution in [0.3, 0.4) is 0 Å². The zero-order valence-corrected chi connectivity index (χ0v) is 13.7. The number of carbonyl (C=O) groups excluding carboxylic acids is 1. The summed E-state index contributed by atoms with van der Waals surface area (Å²) in [6.45, 7) is 0. The summed E-state index contributed by atoms with van der Waals surface area (Å²) in [4.78, 5) is 12.0. The molecule has 3 rings (SSSR count). The second-order valence-electron chi connectivity index (χ2n) is 5.35. The zero-order valence-electron chi connectivity index (χ0n) is 11.3. The third kappa shape index (κ3) is 3.18. The topological polar surface area (TPSA) is 66.8 Å². The Morgan fingerprint density at radius 2 is 1.90 bits per heavy atom. The van der Waals surface area contributed by atoms with Crippen molar-refractivity contribution in [2.24, 2.45) is 5.10 Å². The van der Waals surface area contributed by atoms with Gasteiger partial charge in [0.25, 0.3) is 0 Å². The molecule has 1 atom stereocenters. The molecule has 1 amide bonds. The Bertz CT molecular complexity index is 697. The van der Waals surface area contributed by atoms with Gasteiger partial charge in [0, 0.05) is 17.3 Å². The Morgan fingerprint density at radius 3 is 2.52 bits per heavy atom. The third-order valence-corrected chi connectivity index (χ3v) is 6.07. The van der Waals surface area contributed by atoms with E-state index < -0.39 is 9.84 Å². The van der Waals surface area contributed by atoms with Crippen molar-refractivity contribution in [3.05, 3.63) is 34.3 Å². The molecule has 2 heterocycles. The van der Waals surface area contributed by atoms with Crippen molar-refractivity contribution >= 4 is 37.4 Å². The van der Waals surface area contributed by atoms with Gasteiger partial charge in [0.15, 0.2) is 9.84 Å². The number of halogens is 1. The van der Waals surface area contributed by atoms with E-state index in [-0.39, 0.29) is 23.5 Å². The molecular formula is C14H15BrN2O3S. The van der Waals surface area contributed by atoms with E-state index in [1.54, 1.807) is 0 Å². The Kier molecular flexibility index (Phi) is 3.88. The van der Waals surface area contributed by atoms with Gasteiger partial charge in [-0.1, -0.05) is 28.1 Å². The van der Waals surface area contributed by atoms with Gasteiger partial charge < -0.3 is 0 Å². The van der Waals surface area contributed by atoms with E-state index in [2.05, 4.69) is 21.0 Å². The van der Waals surface area contributed by atoms with E-state index in [0.29, 0.717) is 19.3 Å². The zero-order chi connectivity index (χ0) is 15.0. The molecule has 1 fully saturated rings. The minimum Gasteiger partial charge on any atom is -0.273 e. The Morgan fingerprint density at radius 1 is 1.19 bits per heavy atom. The number of carbonyl (C=O) groups is 1. The molecule has 0 radical (unpaired) electrons. The maximum atomic E-state index is 12.0. The fourth-order valence-electron chi connectivity index (χ4n) is 2.67. The van der Waals surface area contributed by atoms with Gasteiger partial charge in [-0.15, -0.1) is 0 Å². The highest BCUT2D eigenvalue weighted by Crippen LogP contribution is 2.24. The number of amides is 1. The molecule has 2 aliphatic rings. The summed E-state index contributed by atoms with van der Waals surface area (Å²) in [5, 5.41) is 5.83. The fourth-order valence-corrected chi connectivity index (χ4v) is 4.63. The second kappa shape index (κ2) is 5.53. The van der Waals surface area contributed by atoms with Crippen LogP contribution in [0.15, 0.2) is 33.8 Å². The predicted octanol–water partition coefficient (Wildman–Crippen LogP) is 1.96. The van der Waals surface area contributed by atoms with Crippen molar-refractivity contribution in [2.75, 3.05) is 11.5 Å². The normalized spacial score (nSPS) is 25.0. The van der Waals surface area contributed by atoms with Crippen LogP contribution in [0.5, 0.6) is 0 Å². The lowest BCUT2D eigenvalue weighted by Crippen LogP contribution is -2.40. The van der Waals surface area contributed by atoms with Gasteiger partial charge in [0.1, 0.15) is 0 Å². The van der Waals surface area contributed by atoms with E-state index in [4.69, 9.17) is 0 Å². The smallest absolute Gasteiger partial charge is 0.243 e. The molecule has 0 N–H and O–H groups in total. The molecule has 5 nitrogen and oxygen atoms in total. The summed E-state index contributed by atoms with van der Waals surface area (Å²) >= 11 is 3.39. The molecule has 0 saturated carbocycles. The highest BCUT2D eigenvalue weighted by atomic mass is 79.9. The highest BCUT2D eigenvalue weighted by Gasteiger charge is 2.36. The van der Waals surface area contributed by atoms with Crippen molar-refractivity contribution in [3.8, 4) is 0 Å². The van der Waals surface area contributed by atoms with Crippen molar-refractivity contribution < 1.29 is 13.2 Å². The minimum absolute atomic E-state index is 0.0237. The molecule has 0 aromatic heterocycles. The monoisotopic (exact) mass is 370 g/mol. The maximum absolute atomic E-state index is 12.0. The van der Waals surface area contributed by atoms with Crippen molar-refractivity contribution in [1.82, 2.24) is 5.01 Å². The molecule has 0 spiro atoms. The number of nitrogens with zero attached hydrogens (tertiary/aromatic N) is 2. The lowest BCUT2D eigenvalue weighted by atomic mass is 10.0. The van der Waals surface area contributed by atoms with Crippen LogP contribution in [0.1, 0.15) is 24.8 Å². The van der Waals surface area contributed by atoms with Gasteiger partial charge in [-0.05, 0) is 24.1 Å². The number of hydrazone groups is 1. The standard InChI is InChI=1S/C14H15BrN2O3S/c15-11-3-1-10(2-4-11)13-5-6-14(18)17(16-13)12-7-8-21(19,20)9-12/h1-4,12H,5-9H2. The van der Waals surface area contributed by atoms with Gasteiger partial charge in [-0.25, -0.2) is 13.4 Å². The lowest BCUT2D eigenvalue weighted by molar-refractivity contribution is -0.133. The Balaban J connectivity index is 1.88. The van der Waals surface area contributed by atoms with Gasteiger partial charge >= 0.3 is 0 Å². The van der Waals surface area contributed by atoms with Crippen LogP contribution in [0.2, 0.25) is 0 Å². The summed E-state index contributed by atoms with van der Waals surface area (Å²) in [6.07, 6.45) is 1.45. The molecule has 7 heteroatoms. The molecule has 0 bridgehead atoms. The van der Waals surface area contributed by atoms with E-state index >= 15 is 0 Å². The SMILES string of the molecule is O=C1CCC(c2ccc(Br)cc2)=NN1C1CCS(=O)(=O)C1. The average molecular weight is 371 g/mol. The van der Waals surface area contributed by atoms with Crippen LogP contribution in [0.4, 0.5) is 0 Å². The number of hydrogen-bond donors (Lipinski definition) is 0. The molecule has 0 aliphatic carbocycles. The molecular weight excluding hydrogens is 356 g/mol. The number of rotatable bonds is 2. The first kappa shape index (κ1) is 14.7. The number of benzene rings is 1. The number of sulfone groups is 1. The molecule has 112 valence electrons. The fraction of sp³-hybridized carbons (Fsp3) is 0.429. The summed E-state index contributed by atoms with van der Waals surface area (Å²) in [5.41, 5.74) is 1.81. The van der Waals surface area contributed by atoms with E-state index in [9.17, 15) is 13.2 Å². The van der Waals surface area contributed by atoms with E-state index in [1.165, 1.54) is 5.01 Å². The minimum atomic E-state index is -3.03. The molecule has 2 aliphatic heterocycles. The van der Waals surface area contributed by atoms with Crippen molar-refractivity contribution in [3.63, 3.8) is 0 Å². The van der Waals surface area contributed by atoms with Crippen LogP contribution in [0.25, 0.3) is 0 Å². The quantitative estimate of drug-likeness (QED) is 0.798. The number of hydrogen-bond acceptors (Lipinski definition) is 4. The Labute approximate surface area is 132 Å². The first-order valence-electron chi connectivity index (χ1n) is 6.80. The predicted molar refractivity (Wildman–Crippen MR) is 83.8 cm³/mol. The summed E-state index contributed by atoms with van der Waals surface area (Å²) in [7, 11) is -3.03. The molecule has 1 unspecified atom stereocenters. The third-order valence-electron chi connectivity index (χ3n) is 3.79. The molecule has 21 heavy (non-hydrogen) atoms. The van der Waals surface area contributed by atoms with Crippen LogP contribution in [-0.2, 0) is 14.6 Å². The maximum Gasteiger partial charge on any atom is 0.243 e. The van der Waals surface area contributed by atoms with Crippen LogP contribution in [-0.4, -0.2) is 42.6 Å². The van der Waals surface area contributed by atoms with E-state index in [1.807, 2.05) is 24.3 Å². The molecule has 1 aromatic rings. The van der Waals surface area contributed by atoms with Crippen LogP contribution >= 0.6 is 15.9 Å². The first-order chi connectivity index (χ1) is 9.94. The first-order valence-corrected chi connectivity index (χ1v) is 9.42. The second-order valence-corrected chi connectivity index (χ2v) is 8.49. The summed E-state index contributed by atoms with van der Waals surface area (Å²) in [6, 6.07) is 7.44. The van der Waals surface area contributed by atoms with Gasteiger partial charge in [0.05, 0.1) is 23.3 Å². The van der Waals surface area contributed by atoms with Crippen LogP contribution < -0.4 is 0 Å².